The van der Waals surface area contributed by atoms with E-state index in [1.54, 1.807) is 37.3 Å². The van der Waals surface area contributed by atoms with Crippen LogP contribution in [0.25, 0.3) is 11.3 Å². The lowest BCUT2D eigenvalue weighted by molar-refractivity contribution is -0.384. The van der Waals surface area contributed by atoms with E-state index in [0.29, 0.717) is 21.4 Å². The van der Waals surface area contributed by atoms with E-state index < -0.39 is 16.1 Å². The van der Waals surface area contributed by atoms with Crippen LogP contribution in [0.2, 0.25) is 5.02 Å². The van der Waals surface area contributed by atoms with Crippen molar-refractivity contribution in [3.8, 4) is 11.3 Å². The standard InChI is InChI=1S/C25H19ClN4O4S2/c1-15(23(31)29-25-28-22(14-35-25)16-5-9-18(26)10-6-16)36-21-4-2-3-19(13-21)27-24(32)17-7-11-20(12-8-17)30(33)34/h2-15H,1H3,(H,27,32)(H,28,29,31). The summed E-state index contributed by atoms with van der Waals surface area (Å²) in [6.45, 7) is 1.79. The molecular weight excluding hydrogens is 520 g/mol. The van der Waals surface area contributed by atoms with Gasteiger partial charge < -0.3 is 10.6 Å². The third-order valence-corrected chi connectivity index (χ3v) is 7.09. The summed E-state index contributed by atoms with van der Waals surface area (Å²) >= 11 is 8.62. The van der Waals surface area contributed by atoms with Crippen LogP contribution in [0.4, 0.5) is 16.5 Å². The Morgan fingerprint density at radius 1 is 1.06 bits per heavy atom. The first-order chi connectivity index (χ1) is 17.3. The molecule has 0 aliphatic heterocycles. The number of aromatic nitrogens is 1. The average Bonchev–Trinajstić information content (AvgIpc) is 3.33. The molecule has 0 bridgehead atoms. The summed E-state index contributed by atoms with van der Waals surface area (Å²) in [5.41, 5.74) is 2.42. The minimum atomic E-state index is -0.521. The molecule has 4 aromatic rings. The number of benzene rings is 3. The molecule has 1 atom stereocenters. The molecule has 0 spiro atoms. The van der Waals surface area contributed by atoms with E-state index >= 15 is 0 Å². The van der Waals surface area contributed by atoms with E-state index in [4.69, 9.17) is 11.6 Å². The number of hydrogen-bond donors (Lipinski definition) is 2. The van der Waals surface area contributed by atoms with Crippen molar-refractivity contribution in [2.45, 2.75) is 17.1 Å². The Morgan fingerprint density at radius 2 is 1.78 bits per heavy atom. The Labute approximate surface area is 219 Å². The smallest absolute Gasteiger partial charge is 0.269 e. The minimum absolute atomic E-state index is 0.0869. The molecule has 3 aromatic carbocycles. The van der Waals surface area contributed by atoms with E-state index in [9.17, 15) is 19.7 Å². The highest BCUT2D eigenvalue weighted by Gasteiger charge is 2.17. The van der Waals surface area contributed by atoms with Crippen molar-refractivity contribution in [1.82, 2.24) is 4.98 Å². The first-order valence-corrected chi connectivity index (χ1v) is 12.8. The molecule has 0 saturated heterocycles. The minimum Gasteiger partial charge on any atom is -0.322 e. The summed E-state index contributed by atoms with van der Waals surface area (Å²) in [7, 11) is 0. The molecule has 0 fully saturated rings. The second-order valence-electron chi connectivity index (χ2n) is 7.58. The number of hydrogen-bond acceptors (Lipinski definition) is 7. The van der Waals surface area contributed by atoms with Gasteiger partial charge in [-0.1, -0.05) is 29.8 Å². The lowest BCUT2D eigenvalue weighted by Gasteiger charge is -2.12. The van der Waals surface area contributed by atoms with Crippen molar-refractivity contribution >= 4 is 63.0 Å². The van der Waals surface area contributed by atoms with Crippen LogP contribution >= 0.6 is 34.7 Å². The molecule has 8 nitrogen and oxygen atoms in total. The summed E-state index contributed by atoms with van der Waals surface area (Å²) in [5.74, 6) is -0.588. The molecule has 1 heterocycles. The first kappa shape index (κ1) is 25.4. The number of thioether (sulfide) groups is 1. The zero-order chi connectivity index (χ0) is 25.7. The maximum Gasteiger partial charge on any atom is 0.269 e. The van der Waals surface area contributed by atoms with E-state index in [1.165, 1.54) is 47.4 Å². The van der Waals surface area contributed by atoms with Gasteiger partial charge in [-0.3, -0.25) is 19.7 Å². The predicted molar refractivity (Wildman–Crippen MR) is 144 cm³/mol. The number of nitrogens with zero attached hydrogens (tertiary/aromatic N) is 2. The van der Waals surface area contributed by atoms with Gasteiger partial charge >= 0.3 is 0 Å². The number of non-ortho nitro benzene ring substituents is 1. The van der Waals surface area contributed by atoms with Gasteiger partial charge in [0.25, 0.3) is 11.6 Å². The molecule has 2 amide bonds. The number of rotatable bonds is 8. The van der Waals surface area contributed by atoms with Crippen molar-refractivity contribution < 1.29 is 14.5 Å². The number of anilines is 2. The molecule has 2 N–H and O–H groups in total. The molecule has 1 unspecified atom stereocenters. The van der Waals surface area contributed by atoms with Gasteiger partial charge in [0.05, 0.1) is 15.9 Å². The molecule has 182 valence electrons. The van der Waals surface area contributed by atoms with Gasteiger partial charge in [0.15, 0.2) is 5.13 Å². The monoisotopic (exact) mass is 538 g/mol. The van der Waals surface area contributed by atoms with Crippen LogP contribution in [0, 0.1) is 10.1 Å². The van der Waals surface area contributed by atoms with E-state index in [1.807, 2.05) is 23.6 Å². The molecule has 11 heteroatoms. The third-order valence-electron chi connectivity index (χ3n) is 4.99. The molecule has 0 saturated carbocycles. The Hall–Kier alpha value is -3.73. The van der Waals surface area contributed by atoms with Gasteiger partial charge in [-0.05, 0) is 49.4 Å². The van der Waals surface area contributed by atoms with Gasteiger partial charge in [-0.25, -0.2) is 4.98 Å². The Balaban J connectivity index is 1.35. The fourth-order valence-electron chi connectivity index (χ4n) is 3.13. The topological polar surface area (TPSA) is 114 Å². The van der Waals surface area contributed by atoms with Crippen LogP contribution in [-0.2, 0) is 4.79 Å². The lowest BCUT2D eigenvalue weighted by Crippen LogP contribution is -2.22. The van der Waals surface area contributed by atoms with Crippen molar-refractivity contribution in [1.29, 1.82) is 0 Å². The van der Waals surface area contributed by atoms with Gasteiger partial charge in [0.2, 0.25) is 5.91 Å². The number of nitro benzene ring substituents is 1. The van der Waals surface area contributed by atoms with E-state index in [0.717, 1.165) is 16.2 Å². The predicted octanol–water partition coefficient (Wildman–Crippen LogP) is 6.74. The van der Waals surface area contributed by atoms with Gasteiger partial charge in [0, 0.05) is 44.2 Å². The van der Waals surface area contributed by atoms with Crippen LogP contribution < -0.4 is 10.6 Å². The van der Waals surface area contributed by atoms with Crippen LogP contribution in [0.15, 0.2) is 83.1 Å². The molecular formula is C25H19ClN4O4S2. The fourth-order valence-corrected chi connectivity index (χ4v) is 4.91. The van der Waals surface area contributed by atoms with Crippen molar-refractivity contribution in [3.05, 3.63) is 98.9 Å². The summed E-state index contributed by atoms with van der Waals surface area (Å²) in [6.07, 6.45) is 0. The van der Waals surface area contributed by atoms with Crippen LogP contribution in [0.1, 0.15) is 17.3 Å². The van der Waals surface area contributed by atoms with Crippen molar-refractivity contribution in [3.63, 3.8) is 0 Å². The second-order valence-corrected chi connectivity index (χ2v) is 10.3. The highest BCUT2D eigenvalue weighted by atomic mass is 35.5. The number of amides is 2. The Bertz CT molecular complexity index is 1410. The number of carbonyl (C=O) groups excluding carboxylic acids is 2. The zero-order valence-corrected chi connectivity index (χ0v) is 21.2. The average molecular weight is 539 g/mol. The number of halogens is 1. The van der Waals surface area contributed by atoms with E-state index in [2.05, 4.69) is 15.6 Å². The van der Waals surface area contributed by atoms with Gasteiger partial charge in [-0.2, -0.15) is 0 Å². The van der Waals surface area contributed by atoms with Crippen molar-refractivity contribution in [2.75, 3.05) is 10.6 Å². The molecule has 1 aromatic heterocycles. The lowest BCUT2D eigenvalue weighted by atomic mass is 10.2. The zero-order valence-electron chi connectivity index (χ0n) is 18.8. The van der Waals surface area contributed by atoms with Crippen LogP contribution in [-0.4, -0.2) is 27.0 Å². The quantitative estimate of drug-likeness (QED) is 0.146. The summed E-state index contributed by atoms with van der Waals surface area (Å²) in [6, 6.07) is 19.8. The number of nitro groups is 1. The Morgan fingerprint density at radius 3 is 2.47 bits per heavy atom. The van der Waals surface area contributed by atoms with Crippen LogP contribution in [0.5, 0.6) is 0 Å². The molecule has 4 rings (SSSR count). The number of thiazole rings is 1. The first-order valence-electron chi connectivity index (χ1n) is 10.6. The van der Waals surface area contributed by atoms with E-state index in [-0.39, 0.29) is 11.6 Å². The number of nitrogens with one attached hydrogen (secondary N) is 2. The van der Waals surface area contributed by atoms with Crippen LogP contribution in [0.3, 0.4) is 0 Å². The molecule has 0 aliphatic rings. The van der Waals surface area contributed by atoms with Gasteiger partial charge in [0.1, 0.15) is 0 Å². The summed E-state index contributed by atoms with van der Waals surface area (Å²) in [5, 5.41) is 19.0. The second kappa shape index (κ2) is 11.3. The Kier molecular flexibility index (Phi) is 7.99. The normalized spacial score (nSPS) is 11.5. The summed E-state index contributed by atoms with van der Waals surface area (Å²) in [4.78, 5) is 40.8. The largest absolute Gasteiger partial charge is 0.322 e. The SMILES string of the molecule is CC(Sc1cccc(NC(=O)c2ccc([N+](=O)[O-])cc2)c1)C(=O)Nc1nc(-c2ccc(Cl)cc2)cs1. The highest BCUT2D eigenvalue weighted by molar-refractivity contribution is 8.00. The molecule has 0 aliphatic carbocycles. The molecule has 0 radical (unpaired) electrons. The van der Waals surface area contributed by atoms with Crippen molar-refractivity contribution in [2.24, 2.45) is 0 Å². The number of carbonyl (C=O) groups is 2. The highest BCUT2D eigenvalue weighted by Crippen LogP contribution is 2.29. The fraction of sp³-hybridized carbons (Fsp3) is 0.0800. The maximum atomic E-state index is 12.7. The van der Waals surface area contributed by atoms with Gasteiger partial charge in [-0.15, -0.1) is 23.1 Å². The maximum absolute atomic E-state index is 12.7. The third kappa shape index (κ3) is 6.48. The molecule has 36 heavy (non-hydrogen) atoms. The summed E-state index contributed by atoms with van der Waals surface area (Å²) < 4.78 is 0.